The molecule has 134 valence electrons. The van der Waals surface area contributed by atoms with Gasteiger partial charge in [-0.25, -0.2) is 13.2 Å². The first-order valence-corrected chi connectivity index (χ1v) is 9.29. The van der Waals surface area contributed by atoms with Crippen LogP contribution < -0.4 is 14.8 Å². The summed E-state index contributed by atoms with van der Waals surface area (Å²) in [5.41, 5.74) is 0.480. The van der Waals surface area contributed by atoms with Crippen LogP contribution in [-0.2, 0) is 14.6 Å². The molecule has 0 atom stereocenters. The molecule has 8 heteroatoms. The van der Waals surface area contributed by atoms with Crippen molar-refractivity contribution in [3.63, 3.8) is 0 Å². The van der Waals surface area contributed by atoms with Crippen LogP contribution in [0.5, 0.6) is 11.5 Å². The largest absolute Gasteiger partial charge is 0.490 e. The van der Waals surface area contributed by atoms with E-state index in [1.807, 2.05) is 0 Å². The highest BCUT2D eigenvalue weighted by molar-refractivity contribution is 7.90. The van der Waals surface area contributed by atoms with Crippen LogP contribution in [0.1, 0.15) is 0 Å². The van der Waals surface area contributed by atoms with Crippen molar-refractivity contribution >= 4 is 21.6 Å². The maximum atomic E-state index is 11.5. The lowest BCUT2D eigenvalue weighted by molar-refractivity contribution is 0.186. The Morgan fingerprint density at radius 2 is 1.76 bits per heavy atom. The van der Waals surface area contributed by atoms with E-state index in [1.54, 1.807) is 36.4 Å². The van der Waals surface area contributed by atoms with Crippen molar-refractivity contribution in [2.75, 3.05) is 31.9 Å². The van der Waals surface area contributed by atoms with Crippen LogP contribution >= 0.6 is 0 Å². The fourth-order valence-electron chi connectivity index (χ4n) is 1.96. The first-order chi connectivity index (χ1) is 11.9. The summed E-state index contributed by atoms with van der Waals surface area (Å²) >= 11 is 0. The van der Waals surface area contributed by atoms with Crippen LogP contribution in [0, 0.1) is 0 Å². The molecule has 25 heavy (non-hydrogen) atoms. The van der Waals surface area contributed by atoms with Crippen LogP contribution in [0.3, 0.4) is 0 Å². The second-order valence-electron chi connectivity index (χ2n) is 5.06. The van der Waals surface area contributed by atoms with Gasteiger partial charge in [0.1, 0.15) is 24.7 Å². The number of para-hydroxylation sites is 2. The van der Waals surface area contributed by atoms with Crippen LogP contribution in [0.25, 0.3) is 0 Å². The van der Waals surface area contributed by atoms with Gasteiger partial charge in [0, 0.05) is 6.26 Å². The molecule has 0 aliphatic rings. The lowest BCUT2D eigenvalue weighted by atomic mass is 10.3. The van der Waals surface area contributed by atoms with Gasteiger partial charge in [-0.2, -0.15) is 0 Å². The Hall–Kier alpha value is -2.74. The summed E-state index contributed by atoms with van der Waals surface area (Å²) in [5, 5.41) is 2.55. The Labute approximate surface area is 146 Å². The second-order valence-corrected chi connectivity index (χ2v) is 7.07. The van der Waals surface area contributed by atoms with Crippen molar-refractivity contribution in [2.45, 2.75) is 4.90 Å². The van der Waals surface area contributed by atoms with Crippen molar-refractivity contribution in [3.8, 4) is 11.5 Å². The number of hydrogen-bond acceptors (Lipinski definition) is 6. The molecular formula is C17H19NO6S. The molecule has 2 aromatic rings. The molecule has 7 nitrogen and oxygen atoms in total. The SMILES string of the molecule is COC(=O)Nc1ccccc1OCCOc1cccc(S(C)(=O)=O)c1. The molecule has 0 heterocycles. The van der Waals surface area contributed by atoms with Crippen molar-refractivity contribution in [1.29, 1.82) is 0 Å². The summed E-state index contributed by atoms with van der Waals surface area (Å²) in [5.74, 6) is 0.911. The zero-order chi connectivity index (χ0) is 18.3. The van der Waals surface area contributed by atoms with Gasteiger partial charge in [0.15, 0.2) is 9.84 Å². The van der Waals surface area contributed by atoms with E-state index >= 15 is 0 Å². The van der Waals surface area contributed by atoms with Gasteiger partial charge >= 0.3 is 6.09 Å². The molecular weight excluding hydrogens is 346 g/mol. The molecule has 0 aliphatic carbocycles. The Morgan fingerprint density at radius 3 is 2.48 bits per heavy atom. The Bertz CT molecular complexity index is 835. The lowest BCUT2D eigenvalue weighted by Gasteiger charge is -2.12. The predicted octanol–water partition coefficient (Wildman–Crippen LogP) is 2.73. The average Bonchev–Trinajstić information content (AvgIpc) is 2.59. The molecule has 1 amide bonds. The summed E-state index contributed by atoms with van der Waals surface area (Å²) in [6.07, 6.45) is 0.547. The summed E-state index contributed by atoms with van der Waals surface area (Å²) in [6.45, 7) is 0.419. The van der Waals surface area contributed by atoms with Crippen LogP contribution in [0.2, 0.25) is 0 Å². The van der Waals surface area contributed by atoms with Gasteiger partial charge in [-0.1, -0.05) is 18.2 Å². The van der Waals surface area contributed by atoms with E-state index < -0.39 is 15.9 Å². The van der Waals surface area contributed by atoms with Gasteiger partial charge in [-0.05, 0) is 30.3 Å². The van der Waals surface area contributed by atoms with Crippen molar-refractivity contribution < 1.29 is 27.4 Å². The maximum Gasteiger partial charge on any atom is 0.411 e. The highest BCUT2D eigenvalue weighted by Gasteiger charge is 2.09. The fraction of sp³-hybridized carbons (Fsp3) is 0.235. The standard InChI is InChI=1S/C17H19NO6S/c1-22-17(19)18-15-8-3-4-9-16(15)24-11-10-23-13-6-5-7-14(12-13)25(2,20)21/h3-9,12H,10-11H2,1-2H3,(H,18,19). The third-order valence-corrected chi connectivity index (χ3v) is 4.26. The zero-order valence-corrected chi connectivity index (χ0v) is 14.7. The zero-order valence-electron chi connectivity index (χ0n) is 13.9. The number of amides is 1. The number of methoxy groups -OCH3 is 1. The van der Waals surface area contributed by atoms with Gasteiger partial charge in [-0.15, -0.1) is 0 Å². The Balaban J connectivity index is 1.91. The predicted molar refractivity (Wildman–Crippen MR) is 93.0 cm³/mol. The second kappa shape index (κ2) is 8.39. The minimum absolute atomic E-state index is 0.193. The average molecular weight is 365 g/mol. The van der Waals surface area contributed by atoms with E-state index in [2.05, 4.69) is 10.1 Å². The maximum absolute atomic E-state index is 11.5. The number of hydrogen-bond donors (Lipinski definition) is 1. The minimum atomic E-state index is -3.28. The first-order valence-electron chi connectivity index (χ1n) is 7.40. The molecule has 0 radical (unpaired) electrons. The van der Waals surface area contributed by atoms with Gasteiger partial charge < -0.3 is 14.2 Å². The molecule has 0 fully saturated rings. The number of ether oxygens (including phenoxy) is 3. The number of sulfone groups is 1. The lowest BCUT2D eigenvalue weighted by Crippen LogP contribution is -2.14. The normalized spacial score (nSPS) is 10.8. The third-order valence-electron chi connectivity index (χ3n) is 3.15. The topological polar surface area (TPSA) is 90.9 Å². The van der Waals surface area contributed by atoms with E-state index in [4.69, 9.17) is 9.47 Å². The molecule has 0 aliphatic heterocycles. The van der Waals surface area contributed by atoms with Gasteiger partial charge in [0.25, 0.3) is 0 Å². The van der Waals surface area contributed by atoms with E-state index in [1.165, 1.54) is 19.2 Å². The minimum Gasteiger partial charge on any atom is -0.490 e. The number of anilines is 1. The van der Waals surface area contributed by atoms with E-state index in [-0.39, 0.29) is 18.1 Å². The van der Waals surface area contributed by atoms with Crippen LogP contribution in [-0.4, -0.2) is 41.1 Å². The van der Waals surface area contributed by atoms with Crippen molar-refractivity contribution in [3.05, 3.63) is 48.5 Å². The summed E-state index contributed by atoms with van der Waals surface area (Å²) in [6, 6.07) is 13.2. The fourth-order valence-corrected chi connectivity index (χ4v) is 2.62. The van der Waals surface area contributed by atoms with Gasteiger partial charge in [0.2, 0.25) is 0 Å². The molecule has 0 saturated carbocycles. The quantitative estimate of drug-likeness (QED) is 0.759. The monoisotopic (exact) mass is 365 g/mol. The molecule has 0 bridgehead atoms. The van der Waals surface area contributed by atoms with Crippen molar-refractivity contribution in [2.24, 2.45) is 0 Å². The first kappa shape index (κ1) is 18.6. The number of nitrogens with one attached hydrogen (secondary N) is 1. The molecule has 1 N–H and O–H groups in total. The molecule has 0 aromatic heterocycles. The highest BCUT2D eigenvalue weighted by atomic mass is 32.2. The van der Waals surface area contributed by atoms with E-state index in [0.717, 1.165) is 6.26 Å². The summed E-state index contributed by atoms with van der Waals surface area (Å²) in [7, 11) is -2.01. The molecule has 2 rings (SSSR count). The number of carbonyl (C=O) groups excluding carboxylic acids is 1. The number of benzene rings is 2. The van der Waals surface area contributed by atoms with Crippen LogP contribution in [0.4, 0.5) is 10.5 Å². The van der Waals surface area contributed by atoms with Crippen molar-refractivity contribution in [1.82, 2.24) is 0 Å². The number of rotatable bonds is 7. The van der Waals surface area contributed by atoms with E-state index in [0.29, 0.717) is 17.2 Å². The summed E-state index contributed by atoms with van der Waals surface area (Å²) < 4.78 is 38.7. The molecule has 0 saturated heterocycles. The summed E-state index contributed by atoms with van der Waals surface area (Å²) in [4.78, 5) is 11.5. The molecule has 2 aromatic carbocycles. The van der Waals surface area contributed by atoms with Gasteiger partial charge in [0.05, 0.1) is 17.7 Å². The Kier molecular flexibility index (Phi) is 6.24. The van der Waals surface area contributed by atoms with Crippen LogP contribution in [0.15, 0.2) is 53.4 Å². The highest BCUT2D eigenvalue weighted by Crippen LogP contribution is 2.24. The molecule has 0 spiro atoms. The Morgan fingerprint density at radius 1 is 1.04 bits per heavy atom. The number of carbonyl (C=O) groups is 1. The van der Waals surface area contributed by atoms with E-state index in [9.17, 15) is 13.2 Å². The van der Waals surface area contributed by atoms with Gasteiger partial charge in [-0.3, -0.25) is 5.32 Å². The smallest absolute Gasteiger partial charge is 0.411 e. The molecule has 0 unspecified atom stereocenters. The third kappa shape index (κ3) is 5.68.